The molecule has 4 heterocycles. The number of aromatic nitrogens is 5. The van der Waals surface area contributed by atoms with Crippen molar-refractivity contribution in [1.82, 2.24) is 30.5 Å². The summed E-state index contributed by atoms with van der Waals surface area (Å²) >= 11 is 0. The molecule has 0 unspecified atom stereocenters. The normalized spacial score (nSPS) is 13.9. The third kappa shape index (κ3) is 4.34. The Labute approximate surface area is 197 Å². The van der Waals surface area contributed by atoms with Gasteiger partial charge in [-0.25, -0.2) is 4.98 Å². The standard InChI is InChI=1S/C26H23N7O/c1-26(2,16-27)23-13-20(9-12-30-23)21-14-29-15-22(31-21)25-33-32-24(34-25)19-5-3-17(4-6-19)18-7-10-28-11-8-18/h3-7,9,12-15,28H,8,10-11H2,1-2H3. The zero-order valence-corrected chi connectivity index (χ0v) is 19.0. The van der Waals surface area contributed by atoms with Gasteiger partial charge in [0.1, 0.15) is 5.69 Å². The molecule has 1 N–H and O–H groups in total. The second-order valence-corrected chi connectivity index (χ2v) is 8.63. The molecule has 8 nitrogen and oxygen atoms in total. The summed E-state index contributed by atoms with van der Waals surface area (Å²) in [4.78, 5) is 13.3. The molecule has 0 fully saturated rings. The van der Waals surface area contributed by atoms with Crippen LogP contribution in [0.5, 0.6) is 0 Å². The highest BCUT2D eigenvalue weighted by Gasteiger charge is 2.22. The lowest BCUT2D eigenvalue weighted by molar-refractivity contribution is 0.582. The lowest BCUT2D eigenvalue weighted by atomic mass is 9.90. The first kappa shape index (κ1) is 21.6. The first-order valence-corrected chi connectivity index (χ1v) is 11.1. The van der Waals surface area contributed by atoms with Gasteiger partial charge < -0.3 is 9.73 Å². The third-order valence-corrected chi connectivity index (χ3v) is 5.82. The molecular weight excluding hydrogens is 426 g/mol. The molecule has 1 aliphatic heterocycles. The average Bonchev–Trinajstić information content (AvgIpc) is 3.40. The van der Waals surface area contributed by atoms with Crippen LogP contribution in [0.3, 0.4) is 0 Å². The molecule has 5 rings (SSSR count). The van der Waals surface area contributed by atoms with Crippen LogP contribution in [0.4, 0.5) is 0 Å². The van der Waals surface area contributed by atoms with Crippen molar-refractivity contribution in [2.45, 2.75) is 25.7 Å². The predicted molar refractivity (Wildman–Crippen MR) is 128 cm³/mol. The summed E-state index contributed by atoms with van der Waals surface area (Å²) in [6.45, 7) is 5.56. The van der Waals surface area contributed by atoms with Crippen LogP contribution in [-0.2, 0) is 5.41 Å². The Bertz CT molecular complexity index is 1400. The number of rotatable bonds is 5. The minimum absolute atomic E-state index is 0.293. The molecule has 0 amide bonds. The summed E-state index contributed by atoms with van der Waals surface area (Å²) in [7, 11) is 0. The van der Waals surface area contributed by atoms with E-state index in [1.165, 1.54) is 11.1 Å². The van der Waals surface area contributed by atoms with Gasteiger partial charge in [0.25, 0.3) is 5.89 Å². The summed E-state index contributed by atoms with van der Waals surface area (Å²) in [6.07, 6.45) is 8.17. The molecule has 0 spiro atoms. The van der Waals surface area contributed by atoms with Gasteiger partial charge in [-0.2, -0.15) is 5.26 Å². The van der Waals surface area contributed by atoms with Crippen molar-refractivity contribution in [3.05, 3.63) is 72.3 Å². The number of nitrogens with zero attached hydrogens (tertiary/aromatic N) is 6. The van der Waals surface area contributed by atoms with E-state index >= 15 is 0 Å². The molecule has 4 aromatic rings. The molecule has 0 atom stereocenters. The third-order valence-electron chi connectivity index (χ3n) is 5.82. The van der Waals surface area contributed by atoms with E-state index in [0.29, 0.717) is 28.9 Å². The maximum Gasteiger partial charge on any atom is 0.268 e. The maximum absolute atomic E-state index is 9.43. The number of nitriles is 1. The number of hydrogen-bond donors (Lipinski definition) is 1. The number of hydrogen-bond acceptors (Lipinski definition) is 8. The van der Waals surface area contributed by atoms with Crippen molar-refractivity contribution in [2.75, 3.05) is 13.1 Å². The van der Waals surface area contributed by atoms with E-state index in [-0.39, 0.29) is 0 Å². The molecule has 0 aliphatic carbocycles. The second-order valence-electron chi connectivity index (χ2n) is 8.63. The van der Waals surface area contributed by atoms with Crippen LogP contribution in [0.2, 0.25) is 0 Å². The van der Waals surface area contributed by atoms with E-state index in [1.807, 2.05) is 38.1 Å². The van der Waals surface area contributed by atoms with Gasteiger partial charge in [-0.3, -0.25) is 9.97 Å². The first-order valence-electron chi connectivity index (χ1n) is 11.1. The van der Waals surface area contributed by atoms with Crippen molar-refractivity contribution < 1.29 is 4.42 Å². The Morgan fingerprint density at radius 2 is 1.74 bits per heavy atom. The van der Waals surface area contributed by atoms with Crippen LogP contribution < -0.4 is 5.32 Å². The van der Waals surface area contributed by atoms with Crippen molar-refractivity contribution >= 4 is 5.57 Å². The Balaban J connectivity index is 1.40. The van der Waals surface area contributed by atoms with E-state index in [4.69, 9.17) is 4.42 Å². The molecule has 168 valence electrons. The summed E-state index contributed by atoms with van der Waals surface area (Å²) < 4.78 is 5.92. The van der Waals surface area contributed by atoms with Crippen LogP contribution in [0.15, 0.2) is 65.5 Å². The van der Waals surface area contributed by atoms with Gasteiger partial charge in [-0.05, 0) is 62.2 Å². The van der Waals surface area contributed by atoms with Crippen LogP contribution in [-0.4, -0.2) is 38.2 Å². The van der Waals surface area contributed by atoms with Crippen LogP contribution in [0, 0.1) is 11.3 Å². The molecule has 0 bridgehead atoms. The fraction of sp³-hybridized carbons (Fsp3) is 0.231. The van der Waals surface area contributed by atoms with Gasteiger partial charge in [0.15, 0.2) is 0 Å². The number of nitrogens with one attached hydrogen (secondary N) is 1. The monoisotopic (exact) mass is 449 g/mol. The van der Waals surface area contributed by atoms with Gasteiger partial charge in [-0.1, -0.05) is 18.2 Å². The molecule has 0 radical (unpaired) electrons. The molecule has 3 aromatic heterocycles. The van der Waals surface area contributed by atoms with Crippen LogP contribution in [0.25, 0.3) is 39.9 Å². The molecule has 1 aliphatic rings. The summed E-state index contributed by atoms with van der Waals surface area (Å²) in [6, 6.07) is 14.1. The fourth-order valence-electron chi connectivity index (χ4n) is 3.75. The second kappa shape index (κ2) is 8.96. The summed E-state index contributed by atoms with van der Waals surface area (Å²) in [5.41, 5.74) is 5.29. The first-order chi connectivity index (χ1) is 16.5. The Hall–Kier alpha value is -4.22. The van der Waals surface area contributed by atoms with E-state index in [0.717, 1.165) is 30.6 Å². The highest BCUT2D eigenvalue weighted by Crippen LogP contribution is 2.28. The van der Waals surface area contributed by atoms with Gasteiger partial charge in [0.05, 0.1) is 35.3 Å². The van der Waals surface area contributed by atoms with Crippen LogP contribution in [0.1, 0.15) is 31.5 Å². The molecule has 34 heavy (non-hydrogen) atoms. The topological polar surface area (TPSA) is 113 Å². The molecule has 1 aromatic carbocycles. The minimum atomic E-state index is -0.706. The minimum Gasteiger partial charge on any atom is -0.415 e. The Morgan fingerprint density at radius 3 is 2.50 bits per heavy atom. The number of pyridine rings is 1. The Kier molecular flexibility index (Phi) is 5.70. The van der Waals surface area contributed by atoms with E-state index in [1.54, 1.807) is 18.6 Å². The lowest BCUT2D eigenvalue weighted by Crippen LogP contribution is -2.19. The fourth-order valence-corrected chi connectivity index (χ4v) is 3.75. The van der Waals surface area contributed by atoms with E-state index < -0.39 is 5.41 Å². The SMILES string of the molecule is CC(C)(C#N)c1cc(-c2cncc(-c3nnc(-c4ccc(C5=CCNCC5)cc4)o3)n2)ccn1. The molecule has 0 saturated carbocycles. The largest absolute Gasteiger partial charge is 0.415 e. The Morgan fingerprint density at radius 1 is 0.971 bits per heavy atom. The zero-order chi connectivity index (χ0) is 23.5. The van der Waals surface area contributed by atoms with Crippen molar-refractivity contribution in [2.24, 2.45) is 0 Å². The molecular formula is C26H23N7O. The average molecular weight is 450 g/mol. The van der Waals surface area contributed by atoms with Crippen molar-refractivity contribution in [3.63, 3.8) is 0 Å². The lowest BCUT2D eigenvalue weighted by Gasteiger charge is -2.15. The van der Waals surface area contributed by atoms with Crippen molar-refractivity contribution in [3.8, 4) is 40.4 Å². The molecule has 8 heteroatoms. The number of benzene rings is 1. The maximum atomic E-state index is 9.43. The zero-order valence-electron chi connectivity index (χ0n) is 19.0. The quantitative estimate of drug-likeness (QED) is 0.476. The summed E-state index contributed by atoms with van der Waals surface area (Å²) in [5.74, 6) is 0.719. The molecule has 0 saturated heterocycles. The highest BCUT2D eigenvalue weighted by atomic mass is 16.4. The van der Waals surface area contributed by atoms with Gasteiger partial charge in [-0.15, -0.1) is 10.2 Å². The smallest absolute Gasteiger partial charge is 0.268 e. The van der Waals surface area contributed by atoms with Gasteiger partial charge >= 0.3 is 0 Å². The van der Waals surface area contributed by atoms with Crippen LogP contribution >= 0.6 is 0 Å². The predicted octanol–water partition coefficient (Wildman–Crippen LogP) is 4.43. The highest BCUT2D eigenvalue weighted by molar-refractivity contribution is 5.69. The van der Waals surface area contributed by atoms with Gasteiger partial charge in [0.2, 0.25) is 5.89 Å². The van der Waals surface area contributed by atoms with E-state index in [2.05, 4.69) is 54.7 Å². The van der Waals surface area contributed by atoms with Gasteiger partial charge in [0, 0.05) is 23.9 Å². The van der Waals surface area contributed by atoms with Crippen molar-refractivity contribution in [1.29, 1.82) is 5.26 Å². The van der Waals surface area contributed by atoms with E-state index in [9.17, 15) is 5.26 Å². The summed E-state index contributed by atoms with van der Waals surface area (Å²) in [5, 5.41) is 21.2.